The van der Waals surface area contributed by atoms with Crippen LogP contribution in [0.15, 0.2) is 23.4 Å². The lowest BCUT2D eigenvalue weighted by molar-refractivity contribution is 0.204. The first kappa shape index (κ1) is 16.6. The fraction of sp³-hybridized carbons (Fsp3) is 0.500. The third kappa shape index (κ3) is 4.58. The summed E-state index contributed by atoms with van der Waals surface area (Å²) in [6.07, 6.45) is 0. The summed E-state index contributed by atoms with van der Waals surface area (Å²) in [4.78, 5) is 2.15. The van der Waals surface area contributed by atoms with Crippen molar-refractivity contribution >= 4 is 23.1 Å². The molecule has 1 aromatic rings. The van der Waals surface area contributed by atoms with Crippen molar-refractivity contribution < 1.29 is 9.94 Å². The molecule has 20 heavy (non-hydrogen) atoms. The van der Waals surface area contributed by atoms with Gasteiger partial charge in [0.2, 0.25) is 0 Å². The number of oxime groups is 1. The largest absolute Gasteiger partial charge is 0.409 e. The molecule has 0 fully saturated rings. The number of rotatable bonds is 7. The van der Waals surface area contributed by atoms with Crippen LogP contribution in [0.1, 0.15) is 19.4 Å². The van der Waals surface area contributed by atoms with Gasteiger partial charge in [0.05, 0.1) is 6.61 Å². The minimum absolute atomic E-state index is 0.0497. The quantitative estimate of drug-likeness (QED) is 0.351. The Morgan fingerprint density at radius 2 is 2.20 bits per heavy atom. The molecule has 0 aliphatic rings. The third-order valence-corrected chi connectivity index (χ3v) is 3.07. The van der Waals surface area contributed by atoms with E-state index in [-0.39, 0.29) is 5.84 Å². The van der Waals surface area contributed by atoms with Gasteiger partial charge >= 0.3 is 0 Å². The van der Waals surface area contributed by atoms with Gasteiger partial charge in [-0.05, 0) is 24.1 Å². The van der Waals surface area contributed by atoms with E-state index in [9.17, 15) is 0 Å². The van der Waals surface area contributed by atoms with E-state index in [1.54, 1.807) is 19.2 Å². The predicted molar refractivity (Wildman–Crippen MR) is 82.9 cm³/mol. The van der Waals surface area contributed by atoms with Gasteiger partial charge < -0.3 is 20.6 Å². The number of halogens is 1. The molecule has 0 bridgehead atoms. The lowest BCUT2D eigenvalue weighted by Crippen LogP contribution is -2.33. The van der Waals surface area contributed by atoms with Gasteiger partial charge in [0.25, 0.3) is 0 Å². The molecule has 0 radical (unpaired) electrons. The van der Waals surface area contributed by atoms with E-state index in [2.05, 4.69) is 23.9 Å². The van der Waals surface area contributed by atoms with Crippen LogP contribution in [0.3, 0.4) is 0 Å². The van der Waals surface area contributed by atoms with Crippen molar-refractivity contribution in [2.75, 3.05) is 31.7 Å². The maximum Gasteiger partial charge on any atom is 0.172 e. The highest BCUT2D eigenvalue weighted by atomic mass is 35.5. The zero-order valence-corrected chi connectivity index (χ0v) is 12.9. The van der Waals surface area contributed by atoms with E-state index in [1.807, 2.05) is 6.07 Å². The number of hydrogen-bond donors (Lipinski definition) is 2. The first-order valence-corrected chi connectivity index (χ1v) is 6.88. The van der Waals surface area contributed by atoms with E-state index in [0.29, 0.717) is 23.1 Å². The van der Waals surface area contributed by atoms with Crippen molar-refractivity contribution in [3.05, 3.63) is 28.8 Å². The van der Waals surface area contributed by atoms with Gasteiger partial charge in [-0.25, -0.2) is 0 Å². The van der Waals surface area contributed by atoms with E-state index in [1.165, 1.54) is 0 Å². The van der Waals surface area contributed by atoms with Gasteiger partial charge in [-0.15, -0.1) is 0 Å². The zero-order valence-electron chi connectivity index (χ0n) is 12.1. The topological polar surface area (TPSA) is 71.1 Å². The molecule has 3 N–H and O–H groups in total. The van der Waals surface area contributed by atoms with E-state index < -0.39 is 0 Å². The first-order chi connectivity index (χ1) is 9.49. The van der Waals surface area contributed by atoms with Crippen LogP contribution in [0.2, 0.25) is 5.02 Å². The summed E-state index contributed by atoms with van der Waals surface area (Å²) in [6, 6.07) is 5.38. The minimum atomic E-state index is 0.0497. The van der Waals surface area contributed by atoms with Crippen molar-refractivity contribution in [1.82, 2.24) is 0 Å². The Balaban J connectivity index is 3.17. The predicted octanol–water partition coefficient (Wildman–Crippen LogP) is 2.54. The monoisotopic (exact) mass is 299 g/mol. The van der Waals surface area contributed by atoms with Crippen molar-refractivity contribution in [3.63, 3.8) is 0 Å². The SMILES string of the molecule is COCCN(CC(C)C)c1ccc(Cl)cc1C(N)=NO. The highest BCUT2D eigenvalue weighted by Gasteiger charge is 2.15. The number of nitrogens with two attached hydrogens (primary N) is 1. The second-order valence-corrected chi connectivity index (χ2v) is 5.42. The molecule has 0 atom stereocenters. The zero-order chi connectivity index (χ0) is 15.1. The van der Waals surface area contributed by atoms with Gasteiger partial charge in [-0.2, -0.15) is 0 Å². The van der Waals surface area contributed by atoms with Crippen LogP contribution in [0.4, 0.5) is 5.69 Å². The number of ether oxygens (including phenoxy) is 1. The molecule has 1 aromatic carbocycles. The number of amidine groups is 1. The Bertz CT molecular complexity index is 464. The Morgan fingerprint density at radius 1 is 1.50 bits per heavy atom. The number of hydrogen-bond acceptors (Lipinski definition) is 4. The molecule has 5 nitrogen and oxygen atoms in total. The molecular formula is C14H22ClN3O2. The Labute approximate surface area is 125 Å². The third-order valence-electron chi connectivity index (χ3n) is 2.83. The van der Waals surface area contributed by atoms with E-state index in [4.69, 9.17) is 27.3 Å². The summed E-state index contributed by atoms with van der Waals surface area (Å²) in [5.41, 5.74) is 7.25. The lowest BCUT2D eigenvalue weighted by atomic mass is 10.1. The molecule has 0 unspecified atom stereocenters. The molecule has 0 aliphatic carbocycles. The van der Waals surface area contributed by atoms with Gasteiger partial charge in [-0.3, -0.25) is 0 Å². The van der Waals surface area contributed by atoms with Crippen LogP contribution in [-0.2, 0) is 4.74 Å². The van der Waals surface area contributed by atoms with E-state index >= 15 is 0 Å². The fourth-order valence-corrected chi connectivity index (χ4v) is 2.17. The van der Waals surface area contributed by atoms with Gasteiger partial charge in [-0.1, -0.05) is 30.6 Å². The number of nitrogens with zero attached hydrogens (tertiary/aromatic N) is 2. The number of methoxy groups -OCH3 is 1. The second-order valence-electron chi connectivity index (χ2n) is 4.98. The highest BCUT2D eigenvalue weighted by molar-refractivity contribution is 6.31. The van der Waals surface area contributed by atoms with Gasteiger partial charge in [0.15, 0.2) is 5.84 Å². The summed E-state index contributed by atoms with van der Waals surface area (Å²) >= 11 is 6.00. The average molecular weight is 300 g/mol. The van der Waals surface area contributed by atoms with Crippen LogP contribution in [0, 0.1) is 5.92 Å². The summed E-state index contributed by atoms with van der Waals surface area (Å²) in [7, 11) is 1.67. The van der Waals surface area contributed by atoms with Crippen LogP contribution in [-0.4, -0.2) is 37.8 Å². The smallest absolute Gasteiger partial charge is 0.172 e. The molecule has 6 heteroatoms. The molecule has 0 saturated carbocycles. The fourth-order valence-electron chi connectivity index (χ4n) is 2.00. The van der Waals surface area contributed by atoms with Crippen LogP contribution in [0.25, 0.3) is 0 Å². The molecular weight excluding hydrogens is 278 g/mol. The van der Waals surface area contributed by atoms with Crippen LogP contribution < -0.4 is 10.6 Å². The van der Waals surface area contributed by atoms with Crippen molar-refractivity contribution in [2.45, 2.75) is 13.8 Å². The van der Waals surface area contributed by atoms with Crippen LogP contribution >= 0.6 is 11.6 Å². The van der Waals surface area contributed by atoms with Gasteiger partial charge in [0.1, 0.15) is 0 Å². The van der Waals surface area contributed by atoms with Crippen molar-refractivity contribution in [3.8, 4) is 0 Å². The standard InChI is InChI=1S/C14H22ClN3O2/c1-10(2)9-18(6-7-20-3)13-5-4-11(15)8-12(13)14(16)17-19/h4-5,8,10,19H,6-7,9H2,1-3H3,(H2,16,17). The van der Waals surface area contributed by atoms with Gasteiger partial charge in [0, 0.05) is 36.5 Å². The average Bonchev–Trinajstić information content (AvgIpc) is 2.42. The molecule has 0 spiro atoms. The Morgan fingerprint density at radius 3 is 2.75 bits per heavy atom. The molecule has 0 aliphatic heterocycles. The second kappa shape index (κ2) is 7.97. The Hall–Kier alpha value is -1.46. The molecule has 112 valence electrons. The summed E-state index contributed by atoms with van der Waals surface area (Å²) < 4.78 is 5.15. The number of anilines is 1. The molecule has 0 aromatic heterocycles. The summed E-state index contributed by atoms with van der Waals surface area (Å²) in [5, 5.41) is 12.5. The molecule has 0 heterocycles. The normalized spacial score (nSPS) is 11.9. The van der Waals surface area contributed by atoms with Crippen molar-refractivity contribution in [1.29, 1.82) is 0 Å². The lowest BCUT2D eigenvalue weighted by Gasteiger charge is -2.28. The first-order valence-electron chi connectivity index (χ1n) is 6.51. The van der Waals surface area contributed by atoms with Crippen LogP contribution in [0.5, 0.6) is 0 Å². The minimum Gasteiger partial charge on any atom is -0.409 e. The molecule has 0 amide bonds. The molecule has 1 rings (SSSR count). The number of benzene rings is 1. The maximum absolute atomic E-state index is 8.92. The highest BCUT2D eigenvalue weighted by Crippen LogP contribution is 2.25. The maximum atomic E-state index is 8.92. The van der Waals surface area contributed by atoms with Crippen molar-refractivity contribution in [2.24, 2.45) is 16.8 Å². The van der Waals surface area contributed by atoms with E-state index in [0.717, 1.165) is 18.8 Å². The molecule has 0 saturated heterocycles. The Kier molecular flexibility index (Phi) is 6.61. The summed E-state index contributed by atoms with van der Waals surface area (Å²) in [6.45, 7) is 6.45. The summed E-state index contributed by atoms with van der Waals surface area (Å²) in [5.74, 6) is 0.524.